The molecule has 0 aliphatic carbocycles. The number of amides is 2. The summed E-state index contributed by atoms with van der Waals surface area (Å²) in [6.07, 6.45) is 4.62. The second-order valence-corrected chi connectivity index (χ2v) is 4.56. The maximum absolute atomic E-state index is 12.0. The Hall–Kier alpha value is -1.89. The van der Waals surface area contributed by atoms with Crippen molar-refractivity contribution in [2.75, 3.05) is 20.1 Å². The number of nitrogens with zero attached hydrogens (tertiary/aromatic N) is 2. The van der Waals surface area contributed by atoms with E-state index < -0.39 is 6.04 Å². The Morgan fingerprint density at radius 2 is 2.10 bits per heavy atom. The molecule has 0 saturated carbocycles. The van der Waals surface area contributed by atoms with Crippen LogP contribution in [0.1, 0.15) is 31.4 Å². The van der Waals surface area contributed by atoms with Crippen molar-refractivity contribution in [1.82, 2.24) is 25.7 Å². The molecule has 1 rings (SSSR count). The highest BCUT2D eigenvalue weighted by Gasteiger charge is 2.19. The standard InChI is InChI=1S/C13H23N5O2/c1-4-6-15-11(19)5-7-16-13(20)12(14-2)10-8-17-18(3)9-10/h8-9,12,14H,4-7H2,1-3H3,(H,15,19)(H,16,20). The van der Waals surface area contributed by atoms with E-state index in [1.165, 1.54) is 0 Å². The van der Waals surface area contributed by atoms with Gasteiger partial charge in [-0.1, -0.05) is 6.92 Å². The van der Waals surface area contributed by atoms with E-state index in [0.717, 1.165) is 12.0 Å². The van der Waals surface area contributed by atoms with E-state index in [2.05, 4.69) is 21.0 Å². The molecule has 112 valence electrons. The smallest absolute Gasteiger partial charge is 0.241 e. The van der Waals surface area contributed by atoms with E-state index in [1.807, 2.05) is 6.92 Å². The molecule has 1 atom stereocenters. The average molecular weight is 281 g/mol. The van der Waals surface area contributed by atoms with Gasteiger partial charge >= 0.3 is 0 Å². The van der Waals surface area contributed by atoms with Crippen molar-refractivity contribution in [3.63, 3.8) is 0 Å². The Kier molecular flexibility index (Phi) is 6.72. The Bertz CT molecular complexity index is 444. The molecule has 0 spiro atoms. The minimum atomic E-state index is -0.456. The zero-order valence-corrected chi connectivity index (χ0v) is 12.3. The fraction of sp³-hybridized carbons (Fsp3) is 0.615. The van der Waals surface area contributed by atoms with Crippen LogP contribution in [-0.2, 0) is 16.6 Å². The molecule has 0 aliphatic rings. The second-order valence-electron chi connectivity index (χ2n) is 4.56. The predicted octanol–water partition coefficient (Wildman–Crippen LogP) is -0.287. The number of hydrogen-bond acceptors (Lipinski definition) is 4. The van der Waals surface area contributed by atoms with Crippen LogP contribution in [0, 0.1) is 0 Å². The molecule has 20 heavy (non-hydrogen) atoms. The first-order valence-corrected chi connectivity index (χ1v) is 6.78. The first-order chi connectivity index (χ1) is 9.58. The number of carbonyl (C=O) groups excluding carboxylic acids is 2. The molecule has 0 saturated heterocycles. The number of rotatable bonds is 8. The SMILES string of the molecule is CCCNC(=O)CCNC(=O)C(NC)c1cnn(C)c1. The summed E-state index contributed by atoms with van der Waals surface area (Å²) in [6.45, 7) is 2.99. The van der Waals surface area contributed by atoms with E-state index in [4.69, 9.17) is 0 Å². The molecule has 1 unspecified atom stereocenters. The van der Waals surface area contributed by atoms with Crippen LogP contribution in [0.2, 0.25) is 0 Å². The highest BCUT2D eigenvalue weighted by Crippen LogP contribution is 2.10. The number of nitrogens with one attached hydrogen (secondary N) is 3. The van der Waals surface area contributed by atoms with Crippen molar-refractivity contribution in [3.05, 3.63) is 18.0 Å². The summed E-state index contributed by atoms with van der Waals surface area (Å²) in [6, 6.07) is -0.456. The molecule has 1 heterocycles. The van der Waals surface area contributed by atoms with Crippen LogP contribution >= 0.6 is 0 Å². The molecule has 0 aromatic carbocycles. The highest BCUT2D eigenvalue weighted by molar-refractivity contribution is 5.83. The number of likely N-dealkylation sites (N-methyl/N-ethyl adjacent to an activating group) is 1. The second kappa shape index (κ2) is 8.31. The van der Waals surface area contributed by atoms with Gasteiger partial charge in [-0.2, -0.15) is 5.10 Å². The fourth-order valence-electron chi connectivity index (χ4n) is 1.79. The van der Waals surface area contributed by atoms with Gasteiger partial charge in [-0.15, -0.1) is 0 Å². The topological polar surface area (TPSA) is 88.1 Å². The van der Waals surface area contributed by atoms with Crippen molar-refractivity contribution < 1.29 is 9.59 Å². The summed E-state index contributed by atoms with van der Waals surface area (Å²) in [5.74, 6) is -0.210. The molecule has 0 aliphatic heterocycles. The van der Waals surface area contributed by atoms with Crippen molar-refractivity contribution in [1.29, 1.82) is 0 Å². The van der Waals surface area contributed by atoms with Gasteiger partial charge in [0.15, 0.2) is 0 Å². The summed E-state index contributed by atoms with van der Waals surface area (Å²) in [4.78, 5) is 23.4. The van der Waals surface area contributed by atoms with Gasteiger partial charge in [-0.3, -0.25) is 14.3 Å². The van der Waals surface area contributed by atoms with Gasteiger partial charge in [0, 0.05) is 38.3 Å². The van der Waals surface area contributed by atoms with Crippen LogP contribution in [-0.4, -0.2) is 41.7 Å². The number of hydrogen-bond donors (Lipinski definition) is 3. The minimum Gasteiger partial charge on any atom is -0.356 e. The lowest BCUT2D eigenvalue weighted by Crippen LogP contribution is -2.38. The Balaban J connectivity index is 2.39. The van der Waals surface area contributed by atoms with Gasteiger partial charge in [-0.05, 0) is 13.5 Å². The lowest BCUT2D eigenvalue weighted by atomic mass is 10.1. The quantitative estimate of drug-likeness (QED) is 0.611. The number of aryl methyl sites for hydroxylation is 1. The summed E-state index contributed by atoms with van der Waals surface area (Å²) in [7, 11) is 3.51. The fourth-order valence-corrected chi connectivity index (χ4v) is 1.79. The van der Waals surface area contributed by atoms with Gasteiger partial charge in [0.05, 0.1) is 6.20 Å². The molecule has 2 amide bonds. The van der Waals surface area contributed by atoms with E-state index >= 15 is 0 Å². The molecule has 0 radical (unpaired) electrons. The normalized spacial score (nSPS) is 11.9. The molecular weight excluding hydrogens is 258 g/mol. The number of carbonyl (C=O) groups is 2. The zero-order chi connectivity index (χ0) is 15.0. The van der Waals surface area contributed by atoms with Crippen LogP contribution in [0.4, 0.5) is 0 Å². The molecule has 3 N–H and O–H groups in total. The lowest BCUT2D eigenvalue weighted by Gasteiger charge is -2.14. The molecule has 1 aromatic rings. The van der Waals surface area contributed by atoms with Gasteiger partial charge in [-0.25, -0.2) is 0 Å². The minimum absolute atomic E-state index is 0.0467. The van der Waals surface area contributed by atoms with E-state index in [0.29, 0.717) is 13.1 Å². The maximum Gasteiger partial charge on any atom is 0.241 e. The number of aromatic nitrogens is 2. The molecule has 1 aromatic heterocycles. The van der Waals surface area contributed by atoms with E-state index in [-0.39, 0.29) is 18.2 Å². The first kappa shape index (κ1) is 16.2. The average Bonchev–Trinajstić information content (AvgIpc) is 2.83. The van der Waals surface area contributed by atoms with Crippen LogP contribution in [0.3, 0.4) is 0 Å². The van der Waals surface area contributed by atoms with Crippen molar-refractivity contribution in [3.8, 4) is 0 Å². The summed E-state index contributed by atoms with van der Waals surface area (Å²) >= 11 is 0. The third kappa shape index (κ3) is 5.00. The van der Waals surface area contributed by atoms with Crippen LogP contribution in [0.25, 0.3) is 0 Å². The lowest BCUT2D eigenvalue weighted by molar-refractivity contribution is -0.123. The summed E-state index contributed by atoms with van der Waals surface area (Å²) in [5.41, 5.74) is 0.794. The molecular formula is C13H23N5O2. The van der Waals surface area contributed by atoms with Gasteiger partial charge in [0.2, 0.25) is 11.8 Å². The monoisotopic (exact) mass is 281 g/mol. The third-order valence-electron chi connectivity index (χ3n) is 2.83. The summed E-state index contributed by atoms with van der Waals surface area (Å²) in [5, 5.41) is 12.5. The first-order valence-electron chi connectivity index (χ1n) is 6.78. The van der Waals surface area contributed by atoms with Crippen LogP contribution < -0.4 is 16.0 Å². The summed E-state index contributed by atoms with van der Waals surface area (Å²) < 4.78 is 1.64. The highest BCUT2D eigenvalue weighted by atomic mass is 16.2. The molecule has 0 fully saturated rings. The Morgan fingerprint density at radius 3 is 2.65 bits per heavy atom. The van der Waals surface area contributed by atoms with Gasteiger partial charge in [0.25, 0.3) is 0 Å². The maximum atomic E-state index is 12.0. The Morgan fingerprint density at radius 1 is 1.35 bits per heavy atom. The van der Waals surface area contributed by atoms with Crippen molar-refractivity contribution >= 4 is 11.8 Å². The van der Waals surface area contributed by atoms with Crippen LogP contribution in [0.15, 0.2) is 12.4 Å². The van der Waals surface area contributed by atoms with E-state index in [9.17, 15) is 9.59 Å². The predicted molar refractivity (Wildman–Crippen MR) is 75.9 cm³/mol. The van der Waals surface area contributed by atoms with Crippen molar-refractivity contribution in [2.24, 2.45) is 7.05 Å². The van der Waals surface area contributed by atoms with E-state index in [1.54, 1.807) is 31.2 Å². The molecule has 7 nitrogen and oxygen atoms in total. The largest absolute Gasteiger partial charge is 0.356 e. The Labute approximate surface area is 119 Å². The zero-order valence-electron chi connectivity index (χ0n) is 12.3. The van der Waals surface area contributed by atoms with Gasteiger partial charge in [0.1, 0.15) is 6.04 Å². The van der Waals surface area contributed by atoms with Crippen molar-refractivity contribution in [2.45, 2.75) is 25.8 Å². The van der Waals surface area contributed by atoms with Gasteiger partial charge < -0.3 is 16.0 Å². The van der Waals surface area contributed by atoms with Crippen LogP contribution in [0.5, 0.6) is 0 Å². The molecule has 0 bridgehead atoms. The molecule has 7 heteroatoms. The third-order valence-corrected chi connectivity index (χ3v) is 2.83.